The largest absolute Gasteiger partial charge is 0.448 e. The summed E-state index contributed by atoms with van der Waals surface area (Å²) >= 11 is 9.37. The van der Waals surface area contributed by atoms with Gasteiger partial charge in [0.2, 0.25) is 0 Å². The van der Waals surface area contributed by atoms with E-state index in [4.69, 9.17) is 16.0 Å². The maximum atomic E-state index is 5.78. The molecule has 0 aliphatic rings. The molecule has 1 aromatic carbocycles. The van der Waals surface area contributed by atoms with E-state index in [0.717, 1.165) is 17.0 Å². The van der Waals surface area contributed by atoms with E-state index >= 15 is 0 Å². The summed E-state index contributed by atoms with van der Waals surface area (Å²) in [6.45, 7) is 0. The molecule has 2 aromatic heterocycles. The van der Waals surface area contributed by atoms with Crippen molar-refractivity contribution < 1.29 is 4.42 Å². The Kier molecular flexibility index (Phi) is 3.44. The maximum Gasteiger partial charge on any atom is 0.193 e. The zero-order chi connectivity index (χ0) is 13.2. The van der Waals surface area contributed by atoms with Crippen LogP contribution >= 0.6 is 27.5 Å². The Morgan fingerprint density at radius 1 is 1.16 bits per heavy atom. The number of rotatable bonds is 3. The van der Waals surface area contributed by atoms with Crippen molar-refractivity contribution in [2.24, 2.45) is 0 Å². The fraction of sp³-hybridized carbons (Fsp3) is 0.0714. The van der Waals surface area contributed by atoms with Gasteiger partial charge in [0.1, 0.15) is 10.6 Å². The lowest BCUT2D eigenvalue weighted by Gasteiger charge is -2.03. The molecule has 0 aliphatic heterocycles. The highest BCUT2D eigenvalue weighted by Gasteiger charge is 2.16. The van der Waals surface area contributed by atoms with E-state index in [1.807, 2.05) is 53.5 Å². The lowest BCUT2D eigenvalue weighted by atomic mass is 10.2. The lowest BCUT2D eigenvalue weighted by Crippen LogP contribution is -1.93. The smallest absolute Gasteiger partial charge is 0.193 e. The van der Waals surface area contributed by atoms with Crippen LogP contribution in [-0.2, 0) is 0 Å². The predicted molar refractivity (Wildman–Crippen MR) is 78.1 cm³/mol. The molecule has 0 spiro atoms. The second-order valence-corrected chi connectivity index (χ2v) is 5.35. The highest BCUT2D eigenvalue weighted by atomic mass is 79.9. The van der Waals surface area contributed by atoms with Gasteiger partial charge in [-0.25, -0.2) is 4.68 Å². The van der Waals surface area contributed by atoms with Crippen LogP contribution in [-0.4, -0.2) is 9.78 Å². The third-order valence-corrected chi connectivity index (χ3v) is 3.94. The molecule has 5 heteroatoms. The molecule has 0 amide bonds. The van der Waals surface area contributed by atoms with E-state index < -0.39 is 0 Å². The van der Waals surface area contributed by atoms with Gasteiger partial charge >= 0.3 is 0 Å². The SMILES string of the molecule is Clc1ccc(C(Br)c2cnn(-c3ccccc3)c2)o1. The number of aromatic nitrogens is 2. The van der Waals surface area contributed by atoms with Crippen LogP contribution in [0.1, 0.15) is 16.2 Å². The minimum absolute atomic E-state index is 0.0579. The Labute approximate surface area is 123 Å². The molecule has 3 rings (SSSR count). The Bertz CT molecular complexity index is 678. The van der Waals surface area contributed by atoms with Crippen molar-refractivity contribution >= 4 is 27.5 Å². The molecule has 96 valence electrons. The molecular formula is C14H10BrClN2O. The molecule has 0 saturated carbocycles. The van der Waals surface area contributed by atoms with Crippen molar-refractivity contribution in [2.45, 2.75) is 4.83 Å². The van der Waals surface area contributed by atoms with Crippen molar-refractivity contribution in [1.29, 1.82) is 0 Å². The summed E-state index contributed by atoms with van der Waals surface area (Å²) in [5.41, 5.74) is 2.03. The Hall–Kier alpha value is -1.52. The summed E-state index contributed by atoms with van der Waals surface area (Å²) < 4.78 is 7.22. The van der Waals surface area contributed by atoms with Crippen LogP contribution in [0.15, 0.2) is 59.3 Å². The summed E-state index contributed by atoms with van der Waals surface area (Å²) in [6, 6.07) is 13.5. The standard InChI is InChI=1S/C14H10BrClN2O/c15-14(12-6-7-13(16)19-12)10-8-17-18(9-10)11-4-2-1-3-5-11/h1-9,14H. The predicted octanol–water partition coefficient (Wildman–Crippen LogP) is 4.60. The fourth-order valence-corrected chi connectivity index (χ4v) is 2.45. The fourth-order valence-electron chi connectivity index (χ4n) is 1.82. The van der Waals surface area contributed by atoms with Crippen LogP contribution in [0.4, 0.5) is 0 Å². The quantitative estimate of drug-likeness (QED) is 0.654. The molecule has 3 nitrogen and oxygen atoms in total. The molecule has 1 unspecified atom stereocenters. The summed E-state index contributed by atoms with van der Waals surface area (Å²) in [4.78, 5) is -0.0579. The van der Waals surface area contributed by atoms with E-state index in [1.165, 1.54) is 0 Å². The second kappa shape index (κ2) is 5.23. The zero-order valence-electron chi connectivity index (χ0n) is 9.83. The molecule has 0 aliphatic carbocycles. The van der Waals surface area contributed by atoms with Crippen LogP contribution in [0, 0.1) is 0 Å². The van der Waals surface area contributed by atoms with Crippen molar-refractivity contribution in [1.82, 2.24) is 9.78 Å². The lowest BCUT2D eigenvalue weighted by molar-refractivity contribution is 0.521. The van der Waals surface area contributed by atoms with Crippen LogP contribution in [0.25, 0.3) is 5.69 Å². The number of nitrogens with zero attached hydrogens (tertiary/aromatic N) is 2. The molecule has 2 heterocycles. The normalized spacial score (nSPS) is 12.5. The monoisotopic (exact) mass is 336 g/mol. The molecule has 0 bridgehead atoms. The number of furan rings is 1. The maximum absolute atomic E-state index is 5.78. The van der Waals surface area contributed by atoms with Crippen molar-refractivity contribution in [3.05, 3.63) is 71.4 Å². The van der Waals surface area contributed by atoms with Crippen LogP contribution in [0.3, 0.4) is 0 Å². The third kappa shape index (κ3) is 2.60. The third-order valence-electron chi connectivity index (χ3n) is 2.76. The van der Waals surface area contributed by atoms with Gasteiger partial charge in [-0.15, -0.1) is 0 Å². The number of benzene rings is 1. The first-order valence-corrected chi connectivity index (χ1v) is 7.03. The molecule has 19 heavy (non-hydrogen) atoms. The van der Waals surface area contributed by atoms with E-state index in [0.29, 0.717) is 5.22 Å². The first-order chi connectivity index (χ1) is 9.24. The Balaban J connectivity index is 1.89. The minimum Gasteiger partial charge on any atom is -0.448 e. The number of hydrogen-bond acceptors (Lipinski definition) is 2. The molecular weight excluding hydrogens is 328 g/mol. The van der Waals surface area contributed by atoms with Gasteiger partial charge in [0, 0.05) is 11.8 Å². The highest BCUT2D eigenvalue weighted by molar-refractivity contribution is 9.09. The van der Waals surface area contributed by atoms with Crippen LogP contribution < -0.4 is 0 Å². The molecule has 3 aromatic rings. The molecule has 1 atom stereocenters. The van der Waals surface area contributed by atoms with Gasteiger partial charge in [-0.3, -0.25) is 0 Å². The second-order valence-electron chi connectivity index (χ2n) is 4.06. The first-order valence-electron chi connectivity index (χ1n) is 5.73. The number of halogens is 2. The van der Waals surface area contributed by atoms with Gasteiger partial charge in [0.15, 0.2) is 5.22 Å². The summed E-state index contributed by atoms with van der Waals surface area (Å²) in [7, 11) is 0. The summed E-state index contributed by atoms with van der Waals surface area (Å²) in [5.74, 6) is 0.762. The Morgan fingerprint density at radius 2 is 1.95 bits per heavy atom. The van der Waals surface area contributed by atoms with Gasteiger partial charge < -0.3 is 4.42 Å². The van der Waals surface area contributed by atoms with E-state index in [9.17, 15) is 0 Å². The van der Waals surface area contributed by atoms with Crippen molar-refractivity contribution in [3.8, 4) is 5.69 Å². The van der Waals surface area contributed by atoms with Gasteiger partial charge in [0.05, 0.1) is 11.9 Å². The van der Waals surface area contributed by atoms with Crippen LogP contribution in [0.2, 0.25) is 5.22 Å². The van der Waals surface area contributed by atoms with Crippen molar-refractivity contribution in [3.63, 3.8) is 0 Å². The van der Waals surface area contributed by atoms with Gasteiger partial charge in [-0.2, -0.15) is 5.10 Å². The first kappa shape index (κ1) is 12.5. The average Bonchev–Trinajstić information content (AvgIpc) is 3.08. The summed E-state index contributed by atoms with van der Waals surface area (Å²) in [6.07, 6.45) is 3.77. The molecule has 0 N–H and O–H groups in total. The molecule has 0 saturated heterocycles. The number of alkyl halides is 1. The van der Waals surface area contributed by atoms with E-state index in [-0.39, 0.29) is 4.83 Å². The molecule has 0 radical (unpaired) electrons. The van der Waals surface area contributed by atoms with Crippen molar-refractivity contribution in [2.75, 3.05) is 0 Å². The van der Waals surface area contributed by atoms with Crippen LogP contribution in [0.5, 0.6) is 0 Å². The van der Waals surface area contributed by atoms with Gasteiger partial charge in [-0.05, 0) is 35.9 Å². The summed E-state index contributed by atoms with van der Waals surface area (Å²) in [5, 5.41) is 4.74. The van der Waals surface area contributed by atoms with Gasteiger partial charge in [0.25, 0.3) is 0 Å². The highest BCUT2D eigenvalue weighted by Crippen LogP contribution is 2.33. The average molecular weight is 338 g/mol. The number of hydrogen-bond donors (Lipinski definition) is 0. The Morgan fingerprint density at radius 3 is 2.63 bits per heavy atom. The zero-order valence-corrected chi connectivity index (χ0v) is 12.2. The van der Waals surface area contributed by atoms with Gasteiger partial charge in [-0.1, -0.05) is 34.1 Å². The molecule has 0 fully saturated rings. The topological polar surface area (TPSA) is 31.0 Å². The van der Waals surface area contributed by atoms with E-state index in [2.05, 4.69) is 21.0 Å². The number of para-hydroxylation sites is 1. The minimum atomic E-state index is -0.0579. The van der Waals surface area contributed by atoms with E-state index in [1.54, 1.807) is 6.07 Å².